The average molecular weight is 434 g/mol. The van der Waals surface area contributed by atoms with E-state index in [0.717, 1.165) is 22.3 Å². The van der Waals surface area contributed by atoms with Crippen LogP contribution in [0.1, 0.15) is 35.1 Å². The summed E-state index contributed by atoms with van der Waals surface area (Å²) in [6.45, 7) is 2.10. The van der Waals surface area contributed by atoms with E-state index in [1.165, 1.54) is 4.90 Å². The van der Waals surface area contributed by atoms with Gasteiger partial charge in [0.25, 0.3) is 0 Å². The molecule has 7 rings (SSSR count). The number of benzene rings is 3. The highest BCUT2D eigenvalue weighted by atomic mass is 35.5. The first kappa shape index (κ1) is 18.2. The van der Waals surface area contributed by atoms with Gasteiger partial charge in [-0.1, -0.05) is 84.7 Å². The van der Waals surface area contributed by atoms with Gasteiger partial charge in [-0.3, -0.25) is 9.59 Å². The summed E-state index contributed by atoms with van der Waals surface area (Å²) in [7, 11) is 0. The lowest BCUT2D eigenvalue weighted by Gasteiger charge is -2.52. The highest BCUT2D eigenvalue weighted by Crippen LogP contribution is 2.64. The standard InChI is InChI=1S/C25H17Cl2NO2/c1-25-15-9-4-2-7-13(15)19(14-8-3-5-10-16(14)25)20-21(25)24(30)28(23(20)29)18-12-6-11-17(26)22(18)27/h2-12,19-21H,1H3/t19?,20-,21-,25?/m0/s1. The third kappa shape index (κ3) is 1.98. The topological polar surface area (TPSA) is 37.4 Å². The number of rotatable bonds is 1. The van der Waals surface area contributed by atoms with Crippen LogP contribution in [-0.4, -0.2) is 11.8 Å². The summed E-state index contributed by atoms with van der Waals surface area (Å²) in [5.74, 6) is -1.49. The lowest BCUT2D eigenvalue weighted by Crippen LogP contribution is -2.51. The largest absolute Gasteiger partial charge is 0.274 e. The van der Waals surface area contributed by atoms with E-state index >= 15 is 0 Å². The number of carbonyl (C=O) groups is 2. The Bertz CT molecular complexity index is 1220. The van der Waals surface area contributed by atoms with E-state index < -0.39 is 17.3 Å². The molecular weight excluding hydrogens is 417 g/mol. The molecular formula is C25H17Cl2NO2. The zero-order valence-electron chi connectivity index (χ0n) is 16.1. The van der Waals surface area contributed by atoms with E-state index in [2.05, 4.69) is 31.2 Å². The van der Waals surface area contributed by atoms with Crippen molar-refractivity contribution < 1.29 is 9.59 Å². The first-order chi connectivity index (χ1) is 14.5. The fourth-order valence-electron chi connectivity index (χ4n) is 6.05. The van der Waals surface area contributed by atoms with Gasteiger partial charge in [0, 0.05) is 11.3 Å². The maximum atomic E-state index is 13.8. The molecule has 2 bridgehead atoms. The summed E-state index contributed by atoms with van der Waals surface area (Å²) >= 11 is 12.6. The highest BCUT2D eigenvalue weighted by Gasteiger charge is 2.66. The quantitative estimate of drug-likeness (QED) is 0.470. The number of nitrogens with zero attached hydrogens (tertiary/aromatic N) is 1. The maximum absolute atomic E-state index is 13.8. The van der Waals surface area contributed by atoms with Crippen molar-refractivity contribution in [1.82, 2.24) is 0 Å². The molecule has 0 unspecified atom stereocenters. The molecule has 30 heavy (non-hydrogen) atoms. The Balaban J connectivity index is 1.63. The predicted molar refractivity (Wildman–Crippen MR) is 117 cm³/mol. The van der Waals surface area contributed by atoms with Gasteiger partial charge in [0.2, 0.25) is 11.8 Å². The summed E-state index contributed by atoms with van der Waals surface area (Å²) in [5.41, 5.74) is 4.33. The van der Waals surface area contributed by atoms with Gasteiger partial charge in [0.15, 0.2) is 0 Å². The molecule has 5 heteroatoms. The van der Waals surface area contributed by atoms with E-state index in [1.54, 1.807) is 18.2 Å². The molecule has 1 fully saturated rings. The number of carbonyl (C=O) groups excluding carboxylic acids is 2. The molecule has 0 N–H and O–H groups in total. The molecule has 3 nitrogen and oxygen atoms in total. The van der Waals surface area contributed by atoms with Gasteiger partial charge in [-0.05, 0) is 34.4 Å². The van der Waals surface area contributed by atoms with Crippen LogP contribution in [0.2, 0.25) is 10.0 Å². The van der Waals surface area contributed by atoms with Crippen LogP contribution < -0.4 is 4.90 Å². The fourth-order valence-corrected chi connectivity index (χ4v) is 6.43. The van der Waals surface area contributed by atoms with Crippen molar-refractivity contribution in [2.24, 2.45) is 11.8 Å². The summed E-state index contributed by atoms with van der Waals surface area (Å²) in [5, 5.41) is 0.553. The van der Waals surface area contributed by atoms with Gasteiger partial charge >= 0.3 is 0 Å². The number of hydrogen-bond donors (Lipinski definition) is 0. The fraction of sp³-hybridized carbons (Fsp3) is 0.200. The Labute approximate surface area is 184 Å². The van der Waals surface area contributed by atoms with Crippen LogP contribution in [0.5, 0.6) is 0 Å². The molecule has 4 aliphatic rings. The van der Waals surface area contributed by atoms with Crippen LogP contribution >= 0.6 is 23.2 Å². The van der Waals surface area contributed by atoms with Crippen LogP contribution in [-0.2, 0) is 15.0 Å². The minimum atomic E-state index is -0.584. The van der Waals surface area contributed by atoms with Gasteiger partial charge in [-0.25, -0.2) is 4.90 Å². The van der Waals surface area contributed by atoms with Crippen LogP contribution in [0.4, 0.5) is 5.69 Å². The third-order valence-electron chi connectivity index (χ3n) is 7.22. The SMILES string of the molecule is CC12c3ccccc3C(c3ccccc31)[C@@H]1C(=O)N(c3cccc(Cl)c3Cl)C(=O)[C@H]12. The number of halogens is 2. The molecule has 1 aliphatic heterocycles. The Morgan fingerprint density at radius 1 is 0.800 bits per heavy atom. The molecule has 0 aromatic heterocycles. The number of anilines is 1. The Kier molecular flexibility index (Phi) is 3.61. The second kappa shape index (κ2) is 5.96. The van der Waals surface area contributed by atoms with E-state index in [-0.39, 0.29) is 22.8 Å². The molecule has 148 valence electrons. The van der Waals surface area contributed by atoms with E-state index in [9.17, 15) is 9.59 Å². The van der Waals surface area contributed by atoms with Crippen LogP contribution in [0, 0.1) is 11.8 Å². The monoisotopic (exact) mass is 433 g/mol. The third-order valence-corrected chi connectivity index (χ3v) is 8.02. The van der Waals surface area contributed by atoms with Gasteiger partial charge in [-0.2, -0.15) is 0 Å². The van der Waals surface area contributed by atoms with E-state index in [4.69, 9.17) is 23.2 Å². The lowest BCUT2D eigenvalue weighted by molar-refractivity contribution is -0.123. The molecule has 0 radical (unpaired) electrons. The molecule has 0 spiro atoms. The highest BCUT2D eigenvalue weighted by molar-refractivity contribution is 6.45. The van der Waals surface area contributed by atoms with Gasteiger partial charge in [0.1, 0.15) is 0 Å². The zero-order chi connectivity index (χ0) is 20.8. The second-order valence-corrected chi connectivity index (χ2v) is 9.23. The van der Waals surface area contributed by atoms with Crippen molar-refractivity contribution in [2.75, 3.05) is 4.90 Å². The molecule has 3 aromatic rings. The molecule has 2 amide bonds. The number of imide groups is 1. The molecule has 0 saturated carbocycles. The summed E-state index contributed by atoms with van der Waals surface area (Å²) in [6, 6.07) is 21.5. The van der Waals surface area contributed by atoms with Crippen molar-refractivity contribution in [2.45, 2.75) is 18.3 Å². The molecule has 1 heterocycles. The first-order valence-corrected chi connectivity index (χ1v) is 10.7. The summed E-state index contributed by atoms with van der Waals surface area (Å²) < 4.78 is 0. The Morgan fingerprint density at radius 3 is 2.03 bits per heavy atom. The molecule has 3 aliphatic carbocycles. The lowest BCUT2D eigenvalue weighted by atomic mass is 9.48. The number of hydrogen-bond acceptors (Lipinski definition) is 2. The summed E-state index contributed by atoms with van der Waals surface area (Å²) in [6.07, 6.45) is 0. The van der Waals surface area contributed by atoms with Crippen molar-refractivity contribution in [3.8, 4) is 0 Å². The van der Waals surface area contributed by atoms with Gasteiger partial charge in [-0.15, -0.1) is 0 Å². The Morgan fingerprint density at radius 2 is 1.40 bits per heavy atom. The van der Waals surface area contributed by atoms with Crippen LogP contribution in [0.25, 0.3) is 0 Å². The van der Waals surface area contributed by atoms with E-state index in [1.807, 2.05) is 24.3 Å². The van der Waals surface area contributed by atoms with Crippen molar-refractivity contribution >= 4 is 40.7 Å². The smallest absolute Gasteiger partial charge is 0.239 e. The molecule has 2 atom stereocenters. The first-order valence-electron chi connectivity index (χ1n) is 9.97. The van der Waals surface area contributed by atoms with Gasteiger partial charge in [0.05, 0.1) is 27.6 Å². The second-order valence-electron chi connectivity index (χ2n) is 8.44. The number of amides is 2. The van der Waals surface area contributed by atoms with Crippen LogP contribution in [0.15, 0.2) is 66.7 Å². The van der Waals surface area contributed by atoms with Crippen molar-refractivity contribution in [3.05, 3.63) is 99.0 Å². The maximum Gasteiger partial charge on any atom is 0.239 e. The summed E-state index contributed by atoms with van der Waals surface area (Å²) in [4.78, 5) is 28.9. The van der Waals surface area contributed by atoms with Crippen LogP contribution in [0.3, 0.4) is 0 Å². The molecule has 1 saturated heterocycles. The minimum absolute atomic E-state index is 0.149. The average Bonchev–Trinajstić information content (AvgIpc) is 3.02. The van der Waals surface area contributed by atoms with Gasteiger partial charge < -0.3 is 0 Å². The zero-order valence-corrected chi connectivity index (χ0v) is 17.6. The molecule has 3 aromatic carbocycles. The Hall–Kier alpha value is -2.62. The van der Waals surface area contributed by atoms with Crippen molar-refractivity contribution in [1.29, 1.82) is 0 Å². The predicted octanol–water partition coefficient (Wildman–Crippen LogP) is 5.56. The normalized spacial score (nSPS) is 28.4. The van der Waals surface area contributed by atoms with E-state index in [0.29, 0.717) is 10.7 Å². The minimum Gasteiger partial charge on any atom is -0.274 e. The van der Waals surface area contributed by atoms with Crippen molar-refractivity contribution in [3.63, 3.8) is 0 Å².